The smallest absolute Gasteiger partial charge is 0.410 e. The SMILES string of the molecule is CC(C)(C)OC(=O)N(CCC(=O)Nc1ccccc1C(=O)C(=O)O)Cc1ccccc1. The van der Waals surface area contributed by atoms with Crippen molar-refractivity contribution in [2.75, 3.05) is 11.9 Å². The lowest BCUT2D eigenvalue weighted by Crippen LogP contribution is -2.38. The largest absolute Gasteiger partial charge is 0.475 e. The Morgan fingerprint density at radius 1 is 0.968 bits per heavy atom. The van der Waals surface area contributed by atoms with Crippen molar-refractivity contribution in [1.29, 1.82) is 0 Å². The molecule has 8 nitrogen and oxygen atoms in total. The number of carbonyl (C=O) groups excluding carboxylic acids is 3. The van der Waals surface area contributed by atoms with Gasteiger partial charge in [0.15, 0.2) is 0 Å². The predicted octanol–water partition coefficient (Wildman–Crippen LogP) is 3.72. The summed E-state index contributed by atoms with van der Waals surface area (Å²) in [6, 6.07) is 15.2. The van der Waals surface area contributed by atoms with Crippen LogP contribution in [-0.2, 0) is 20.9 Å². The van der Waals surface area contributed by atoms with E-state index in [0.29, 0.717) is 0 Å². The number of ketones is 1. The molecule has 2 aromatic rings. The van der Waals surface area contributed by atoms with Crippen LogP contribution in [0.5, 0.6) is 0 Å². The van der Waals surface area contributed by atoms with Crippen LogP contribution in [0.2, 0.25) is 0 Å². The van der Waals surface area contributed by atoms with E-state index < -0.39 is 29.4 Å². The summed E-state index contributed by atoms with van der Waals surface area (Å²) >= 11 is 0. The summed E-state index contributed by atoms with van der Waals surface area (Å²) in [5.41, 5.74) is 0.180. The fourth-order valence-corrected chi connectivity index (χ4v) is 2.72. The van der Waals surface area contributed by atoms with Crippen LogP contribution in [0.15, 0.2) is 54.6 Å². The number of nitrogens with one attached hydrogen (secondary N) is 1. The number of benzene rings is 2. The Morgan fingerprint density at radius 3 is 2.19 bits per heavy atom. The molecule has 0 atom stereocenters. The summed E-state index contributed by atoms with van der Waals surface area (Å²) in [4.78, 5) is 49.3. The monoisotopic (exact) mass is 426 g/mol. The lowest BCUT2D eigenvalue weighted by Gasteiger charge is -2.27. The number of carboxylic acids is 1. The molecule has 0 fully saturated rings. The van der Waals surface area contributed by atoms with Crippen molar-refractivity contribution in [2.45, 2.75) is 39.3 Å². The first-order valence-electron chi connectivity index (χ1n) is 9.75. The third-order valence-corrected chi connectivity index (χ3v) is 4.12. The van der Waals surface area contributed by atoms with E-state index in [1.54, 1.807) is 26.8 Å². The number of hydrogen-bond acceptors (Lipinski definition) is 5. The zero-order chi connectivity index (χ0) is 23.0. The minimum Gasteiger partial charge on any atom is -0.475 e. The molecule has 0 aromatic heterocycles. The summed E-state index contributed by atoms with van der Waals surface area (Å²) < 4.78 is 5.44. The Bertz CT molecular complexity index is 950. The van der Waals surface area contributed by atoms with E-state index in [0.717, 1.165) is 5.56 Å². The Hall–Kier alpha value is -3.68. The van der Waals surface area contributed by atoms with E-state index in [-0.39, 0.29) is 30.8 Å². The highest BCUT2D eigenvalue weighted by Crippen LogP contribution is 2.17. The Balaban J connectivity index is 2.09. The van der Waals surface area contributed by atoms with Crippen LogP contribution >= 0.6 is 0 Å². The molecule has 0 saturated carbocycles. The van der Waals surface area contributed by atoms with Gasteiger partial charge >= 0.3 is 12.1 Å². The van der Waals surface area contributed by atoms with Crippen molar-refractivity contribution in [2.24, 2.45) is 0 Å². The second kappa shape index (κ2) is 10.4. The predicted molar refractivity (Wildman–Crippen MR) is 115 cm³/mol. The number of carbonyl (C=O) groups is 4. The zero-order valence-electron chi connectivity index (χ0n) is 17.8. The molecule has 2 amide bonds. The van der Waals surface area contributed by atoms with Crippen LogP contribution in [-0.4, -0.2) is 45.9 Å². The fourth-order valence-electron chi connectivity index (χ4n) is 2.72. The van der Waals surface area contributed by atoms with Crippen LogP contribution in [0.25, 0.3) is 0 Å². The summed E-state index contributed by atoms with van der Waals surface area (Å²) in [6.45, 7) is 5.61. The third-order valence-electron chi connectivity index (χ3n) is 4.12. The summed E-state index contributed by atoms with van der Waals surface area (Å²) in [7, 11) is 0. The molecule has 0 aliphatic carbocycles. The van der Waals surface area contributed by atoms with Gasteiger partial charge in [-0.25, -0.2) is 9.59 Å². The molecular formula is C23H26N2O6. The molecule has 164 valence electrons. The Kier molecular flexibility index (Phi) is 7.90. The van der Waals surface area contributed by atoms with Crippen molar-refractivity contribution < 1.29 is 29.0 Å². The molecule has 31 heavy (non-hydrogen) atoms. The maximum absolute atomic E-state index is 12.6. The van der Waals surface area contributed by atoms with Crippen molar-refractivity contribution >= 4 is 29.4 Å². The van der Waals surface area contributed by atoms with Crippen molar-refractivity contribution in [3.8, 4) is 0 Å². The topological polar surface area (TPSA) is 113 Å². The highest BCUT2D eigenvalue weighted by molar-refractivity contribution is 6.41. The highest BCUT2D eigenvalue weighted by Gasteiger charge is 2.24. The number of nitrogens with zero attached hydrogens (tertiary/aromatic N) is 1. The molecule has 2 N–H and O–H groups in total. The number of rotatable bonds is 8. The zero-order valence-corrected chi connectivity index (χ0v) is 17.8. The van der Waals surface area contributed by atoms with Gasteiger partial charge in [-0.05, 0) is 38.5 Å². The summed E-state index contributed by atoms with van der Waals surface area (Å²) in [5.74, 6) is -3.19. The standard InChI is InChI=1S/C23H26N2O6/c1-23(2,3)31-22(30)25(15-16-9-5-4-6-10-16)14-13-19(26)24-18-12-8-7-11-17(18)20(27)21(28)29/h4-12H,13-15H2,1-3H3,(H,24,26)(H,28,29). The molecule has 0 saturated heterocycles. The number of para-hydroxylation sites is 1. The average molecular weight is 426 g/mol. The lowest BCUT2D eigenvalue weighted by atomic mass is 10.1. The number of ether oxygens (including phenoxy) is 1. The number of Topliss-reactive ketones (excluding diaryl/α,β-unsaturated/α-hetero) is 1. The van der Waals surface area contributed by atoms with Gasteiger partial charge in [-0.2, -0.15) is 0 Å². The van der Waals surface area contributed by atoms with Crippen molar-refractivity contribution in [3.63, 3.8) is 0 Å². The number of anilines is 1. The van der Waals surface area contributed by atoms with Crippen LogP contribution < -0.4 is 5.32 Å². The number of amides is 2. The van der Waals surface area contributed by atoms with Gasteiger partial charge in [0.2, 0.25) is 5.91 Å². The second-order valence-electron chi connectivity index (χ2n) is 7.87. The van der Waals surface area contributed by atoms with E-state index in [1.807, 2.05) is 30.3 Å². The molecule has 0 heterocycles. The molecule has 0 aliphatic rings. The second-order valence-corrected chi connectivity index (χ2v) is 7.87. The molecule has 2 rings (SSSR count). The van der Waals surface area contributed by atoms with E-state index in [4.69, 9.17) is 9.84 Å². The summed E-state index contributed by atoms with van der Waals surface area (Å²) in [6.07, 6.45) is -0.618. The Morgan fingerprint density at radius 2 is 1.58 bits per heavy atom. The first-order chi connectivity index (χ1) is 14.6. The van der Waals surface area contributed by atoms with Gasteiger partial charge in [-0.1, -0.05) is 42.5 Å². The first-order valence-corrected chi connectivity index (χ1v) is 9.75. The van der Waals surface area contributed by atoms with Gasteiger partial charge in [0.25, 0.3) is 5.78 Å². The van der Waals surface area contributed by atoms with Gasteiger partial charge in [0.1, 0.15) is 5.60 Å². The maximum Gasteiger partial charge on any atom is 0.410 e. The van der Waals surface area contributed by atoms with Crippen LogP contribution in [0, 0.1) is 0 Å². The average Bonchev–Trinajstić information content (AvgIpc) is 2.70. The molecule has 2 aromatic carbocycles. The van der Waals surface area contributed by atoms with E-state index in [2.05, 4.69) is 5.32 Å². The minimum atomic E-state index is -1.61. The molecule has 8 heteroatoms. The van der Waals surface area contributed by atoms with Crippen LogP contribution in [0.4, 0.5) is 10.5 Å². The van der Waals surface area contributed by atoms with Crippen LogP contribution in [0.1, 0.15) is 43.1 Å². The number of aliphatic carboxylic acids is 1. The molecule has 0 spiro atoms. The minimum absolute atomic E-state index is 0.0678. The molecule has 0 unspecified atom stereocenters. The highest BCUT2D eigenvalue weighted by atomic mass is 16.6. The van der Waals surface area contributed by atoms with E-state index in [9.17, 15) is 19.2 Å². The van der Waals surface area contributed by atoms with E-state index >= 15 is 0 Å². The van der Waals surface area contributed by atoms with Gasteiger partial charge in [0.05, 0.1) is 11.3 Å². The van der Waals surface area contributed by atoms with Gasteiger partial charge < -0.3 is 20.1 Å². The molecule has 0 radical (unpaired) electrons. The van der Waals surface area contributed by atoms with Gasteiger partial charge in [0, 0.05) is 19.5 Å². The quantitative estimate of drug-likeness (QED) is 0.491. The van der Waals surface area contributed by atoms with E-state index in [1.165, 1.54) is 23.1 Å². The molecule has 0 aliphatic heterocycles. The molecule has 0 bridgehead atoms. The first kappa shape index (κ1) is 23.6. The van der Waals surface area contributed by atoms with Gasteiger partial charge in [-0.15, -0.1) is 0 Å². The lowest BCUT2D eigenvalue weighted by molar-refractivity contribution is -0.131. The van der Waals surface area contributed by atoms with Crippen molar-refractivity contribution in [3.05, 3.63) is 65.7 Å². The van der Waals surface area contributed by atoms with Gasteiger partial charge in [-0.3, -0.25) is 9.59 Å². The van der Waals surface area contributed by atoms with Crippen LogP contribution in [0.3, 0.4) is 0 Å². The third kappa shape index (κ3) is 7.58. The number of hydrogen-bond donors (Lipinski definition) is 2. The maximum atomic E-state index is 12.6. The number of carboxylic acid groups (broad SMARTS) is 1. The molecular weight excluding hydrogens is 400 g/mol. The Labute approximate surface area is 180 Å². The normalized spacial score (nSPS) is 10.8. The summed E-state index contributed by atoms with van der Waals surface area (Å²) in [5, 5.41) is 11.5. The van der Waals surface area contributed by atoms with Crippen molar-refractivity contribution in [1.82, 2.24) is 4.90 Å². The fraction of sp³-hybridized carbons (Fsp3) is 0.304.